The zero-order chi connectivity index (χ0) is 11.3. The highest BCUT2D eigenvalue weighted by molar-refractivity contribution is 5.65. The number of hydrogen-bond acceptors (Lipinski definition) is 4. The molecule has 0 aromatic carbocycles. The van der Waals surface area contributed by atoms with Crippen molar-refractivity contribution in [3.8, 4) is 0 Å². The van der Waals surface area contributed by atoms with E-state index in [-0.39, 0.29) is 24.8 Å². The molecular weight excluding hydrogens is 196 g/mol. The minimum Gasteiger partial charge on any atom is -0.462 e. The highest BCUT2D eigenvalue weighted by atomic mass is 16.5. The van der Waals surface area contributed by atoms with Gasteiger partial charge in [0, 0.05) is 13.3 Å². The lowest BCUT2D eigenvalue weighted by molar-refractivity contribution is -0.139. The van der Waals surface area contributed by atoms with Crippen LogP contribution in [0.25, 0.3) is 0 Å². The minimum atomic E-state index is -0.495. The second-order valence-corrected chi connectivity index (χ2v) is 3.41. The third-order valence-electron chi connectivity index (χ3n) is 2.15. The zero-order valence-electron chi connectivity index (χ0n) is 8.76. The van der Waals surface area contributed by atoms with Crippen LogP contribution in [0.4, 0.5) is 0 Å². The van der Waals surface area contributed by atoms with E-state index in [0.717, 1.165) is 0 Å². The first kappa shape index (κ1) is 11.9. The smallest absolute Gasteiger partial charge is 0.302 e. The van der Waals surface area contributed by atoms with Crippen molar-refractivity contribution in [2.75, 3.05) is 6.61 Å². The van der Waals surface area contributed by atoms with Gasteiger partial charge in [0.25, 0.3) is 0 Å². The molecule has 0 radical (unpaired) electrons. The van der Waals surface area contributed by atoms with Crippen LogP contribution in [0, 0.1) is 0 Å². The quantitative estimate of drug-likeness (QED) is 0.553. The Labute approximate surface area is 89.2 Å². The summed E-state index contributed by atoms with van der Waals surface area (Å²) in [5, 5.41) is 9.49. The molecule has 3 atom stereocenters. The SMILES string of the molecule is C=C[C@@H]1O[C@H](/C=C/COC(C)=O)C[C@H]1O. The summed E-state index contributed by atoms with van der Waals surface area (Å²) in [5.41, 5.74) is 0. The summed E-state index contributed by atoms with van der Waals surface area (Å²) in [6.45, 7) is 5.17. The number of ether oxygens (including phenoxy) is 2. The Morgan fingerprint density at radius 2 is 2.47 bits per heavy atom. The van der Waals surface area contributed by atoms with Gasteiger partial charge in [-0.25, -0.2) is 0 Å². The van der Waals surface area contributed by atoms with Crippen LogP contribution in [-0.2, 0) is 14.3 Å². The van der Waals surface area contributed by atoms with E-state index in [1.54, 1.807) is 18.2 Å². The third-order valence-corrected chi connectivity index (χ3v) is 2.15. The van der Waals surface area contributed by atoms with Crippen LogP contribution in [0.2, 0.25) is 0 Å². The Balaban J connectivity index is 2.28. The van der Waals surface area contributed by atoms with Crippen LogP contribution in [0.5, 0.6) is 0 Å². The van der Waals surface area contributed by atoms with Crippen LogP contribution in [0.1, 0.15) is 13.3 Å². The van der Waals surface area contributed by atoms with Crippen LogP contribution in [-0.4, -0.2) is 36.0 Å². The van der Waals surface area contributed by atoms with Crippen LogP contribution < -0.4 is 0 Å². The summed E-state index contributed by atoms with van der Waals surface area (Å²) in [4.78, 5) is 10.4. The summed E-state index contributed by atoms with van der Waals surface area (Å²) in [6.07, 6.45) is 4.72. The van der Waals surface area contributed by atoms with Crippen LogP contribution in [0.3, 0.4) is 0 Å². The van der Waals surface area contributed by atoms with Gasteiger partial charge in [-0.05, 0) is 6.08 Å². The first-order chi connectivity index (χ1) is 7.13. The Morgan fingerprint density at radius 1 is 1.73 bits per heavy atom. The average Bonchev–Trinajstić information content (AvgIpc) is 2.53. The van der Waals surface area contributed by atoms with E-state index < -0.39 is 6.10 Å². The molecule has 0 saturated carbocycles. The van der Waals surface area contributed by atoms with E-state index in [1.807, 2.05) is 0 Å². The monoisotopic (exact) mass is 212 g/mol. The first-order valence-electron chi connectivity index (χ1n) is 4.89. The maximum atomic E-state index is 10.4. The van der Waals surface area contributed by atoms with E-state index >= 15 is 0 Å². The molecule has 0 amide bonds. The van der Waals surface area contributed by atoms with Crippen molar-refractivity contribution in [2.45, 2.75) is 31.7 Å². The topological polar surface area (TPSA) is 55.8 Å². The number of carbonyl (C=O) groups is 1. The Morgan fingerprint density at radius 3 is 3.00 bits per heavy atom. The van der Waals surface area contributed by atoms with E-state index in [2.05, 4.69) is 6.58 Å². The first-order valence-corrected chi connectivity index (χ1v) is 4.89. The molecule has 1 aliphatic rings. The largest absolute Gasteiger partial charge is 0.462 e. The van der Waals surface area contributed by atoms with E-state index in [1.165, 1.54) is 6.92 Å². The van der Waals surface area contributed by atoms with Crippen LogP contribution in [0.15, 0.2) is 24.8 Å². The molecule has 1 heterocycles. The molecule has 4 heteroatoms. The van der Waals surface area contributed by atoms with Gasteiger partial charge in [-0.3, -0.25) is 4.79 Å². The molecule has 15 heavy (non-hydrogen) atoms. The van der Waals surface area contributed by atoms with Crippen molar-refractivity contribution in [2.24, 2.45) is 0 Å². The molecule has 1 N–H and O–H groups in total. The summed E-state index contributed by atoms with van der Waals surface area (Å²) < 4.78 is 10.2. The number of aliphatic hydroxyl groups is 1. The molecule has 1 rings (SSSR count). The second kappa shape index (κ2) is 5.68. The predicted octanol–water partition coefficient (Wildman–Crippen LogP) is 0.810. The summed E-state index contributed by atoms with van der Waals surface area (Å²) in [6, 6.07) is 0. The average molecular weight is 212 g/mol. The molecule has 4 nitrogen and oxygen atoms in total. The normalized spacial score (nSPS) is 30.7. The van der Waals surface area contributed by atoms with E-state index in [4.69, 9.17) is 9.47 Å². The highest BCUT2D eigenvalue weighted by Gasteiger charge is 2.29. The van der Waals surface area contributed by atoms with Crippen molar-refractivity contribution in [3.05, 3.63) is 24.8 Å². The van der Waals surface area contributed by atoms with Gasteiger partial charge >= 0.3 is 5.97 Å². The molecule has 1 fully saturated rings. The van der Waals surface area contributed by atoms with Crippen molar-refractivity contribution < 1.29 is 19.4 Å². The lowest BCUT2D eigenvalue weighted by atomic mass is 10.1. The maximum Gasteiger partial charge on any atom is 0.302 e. The molecule has 0 bridgehead atoms. The standard InChI is InChI=1S/C11H16O4/c1-3-11-10(13)7-9(15-11)5-4-6-14-8(2)12/h3-5,9-11,13H,1,6-7H2,2H3/b5-4+/t9-,10-,11+/m1/s1. The number of esters is 1. The van der Waals surface area contributed by atoms with E-state index in [9.17, 15) is 9.90 Å². The minimum absolute atomic E-state index is 0.126. The Bertz CT molecular complexity index is 259. The van der Waals surface area contributed by atoms with Crippen LogP contribution >= 0.6 is 0 Å². The molecule has 0 unspecified atom stereocenters. The maximum absolute atomic E-state index is 10.4. The van der Waals surface area contributed by atoms with Crippen molar-refractivity contribution in [3.63, 3.8) is 0 Å². The molecule has 0 spiro atoms. The van der Waals surface area contributed by atoms with E-state index in [0.29, 0.717) is 6.42 Å². The van der Waals surface area contributed by atoms with Crippen molar-refractivity contribution in [1.29, 1.82) is 0 Å². The summed E-state index contributed by atoms with van der Waals surface area (Å²) in [5.74, 6) is -0.309. The van der Waals surface area contributed by atoms with Gasteiger partial charge in [0.05, 0.1) is 12.2 Å². The molecule has 0 aromatic heterocycles. The van der Waals surface area contributed by atoms with Gasteiger partial charge in [-0.15, -0.1) is 6.58 Å². The molecule has 0 aliphatic carbocycles. The zero-order valence-corrected chi connectivity index (χ0v) is 8.76. The number of rotatable bonds is 4. The fourth-order valence-electron chi connectivity index (χ4n) is 1.43. The lowest BCUT2D eigenvalue weighted by Crippen LogP contribution is -2.17. The third kappa shape index (κ3) is 3.85. The number of carbonyl (C=O) groups excluding carboxylic acids is 1. The fourth-order valence-corrected chi connectivity index (χ4v) is 1.43. The van der Waals surface area contributed by atoms with Gasteiger partial charge in [0.15, 0.2) is 0 Å². The van der Waals surface area contributed by atoms with Gasteiger partial charge in [0.2, 0.25) is 0 Å². The van der Waals surface area contributed by atoms with Gasteiger partial charge < -0.3 is 14.6 Å². The molecule has 0 aromatic rings. The number of hydrogen-bond donors (Lipinski definition) is 1. The van der Waals surface area contributed by atoms with Gasteiger partial charge in [-0.1, -0.05) is 12.2 Å². The molecule has 1 saturated heterocycles. The Kier molecular flexibility index (Phi) is 4.52. The summed E-state index contributed by atoms with van der Waals surface area (Å²) >= 11 is 0. The lowest BCUT2D eigenvalue weighted by Gasteiger charge is -2.07. The van der Waals surface area contributed by atoms with Gasteiger partial charge in [0.1, 0.15) is 12.7 Å². The molecule has 84 valence electrons. The summed E-state index contributed by atoms with van der Waals surface area (Å²) in [7, 11) is 0. The van der Waals surface area contributed by atoms with Crippen molar-refractivity contribution in [1.82, 2.24) is 0 Å². The predicted molar refractivity (Wildman–Crippen MR) is 55.3 cm³/mol. The van der Waals surface area contributed by atoms with Crippen molar-refractivity contribution >= 4 is 5.97 Å². The van der Waals surface area contributed by atoms with Gasteiger partial charge in [-0.2, -0.15) is 0 Å². The second-order valence-electron chi connectivity index (χ2n) is 3.41. The highest BCUT2D eigenvalue weighted by Crippen LogP contribution is 2.21. The fraction of sp³-hybridized carbons (Fsp3) is 0.545. The Hall–Kier alpha value is -1.13. The molecular formula is C11H16O4. The number of aliphatic hydroxyl groups excluding tert-OH is 1. The molecule has 1 aliphatic heterocycles.